The number of nitrogens with zero attached hydrogens (tertiary/aromatic N) is 2. The fraction of sp³-hybridized carbons (Fsp3) is 0.333. The van der Waals surface area contributed by atoms with Crippen LogP contribution in [0.15, 0.2) is 66.9 Å². The Labute approximate surface area is 202 Å². The highest BCUT2D eigenvalue weighted by Crippen LogP contribution is 2.28. The molecule has 1 aromatic heterocycles. The van der Waals surface area contributed by atoms with Crippen LogP contribution in [-0.4, -0.2) is 36.7 Å². The smallest absolute Gasteiger partial charge is 0.378 e. The van der Waals surface area contributed by atoms with Gasteiger partial charge in [0.05, 0.1) is 19.3 Å². The molecule has 0 spiro atoms. The first-order valence-corrected chi connectivity index (χ1v) is 11.5. The molecule has 3 aromatic rings. The summed E-state index contributed by atoms with van der Waals surface area (Å²) in [5.41, 5.74) is 3.43. The van der Waals surface area contributed by atoms with Gasteiger partial charge in [0.15, 0.2) is 0 Å². The van der Waals surface area contributed by atoms with Crippen molar-refractivity contribution in [1.29, 1.82) is 0 Å². The minimum Gasteiger partial charge on any atom is -0.378 e. The zero-order chi connectivity index (χ0) is 25.0. The van der Waals surface area contributed by atoms with E-state index in [4.69, 9.17) is 4.74 Å². The van der Waals surface area contributed by atoms with Crippen LogP contribution >= 0.6 is 0 Å². The van der Waals surface area contributed by atoms with Crippen molar-refractivity contribution >= 4 is 11.6 Å². The van der Waals surface area contributed by atoms with Crippen molar-refractivity contribution < 1.29 is 22.7 Å². The Morgan fingerprint density at radius 3 is 2.40 bits per heavy atom. The number of aryl methyl sites for hydroxylation is 2. The van der Waals surface area contributed by atoms with Crippen LogP contribution in [0.25, 0.3) is 0 Å². The Morgan fingerprint density at radius 2 is 1.83 bits per heavy atom. The third-order valence-corrected chi connectivity index (χ3v) is 6.23. The Morgan fingerprint density at radius 1 is 1.09 bits per heavy atom. The maximum absolute atomic E-state index is 14.0. The van der Waals surface area contributed by atoms with Gasteiger partial charge in [0, 0.05) is 18.4 Å². The van der Waals surface area contributed by atoms with Gasteiger partial charge in [-0.15, -0.1) is 0 Å². The molecule has 1 N–H and O–H groups in total. The first-order valence-electron chi connectivity index (χ1n) is 11.5. The number of nitrogens with one attached hydrogen (secondary N) is 1. The molecule has 1 fully saturated rings. The van der Waals surface area contributed by atoms with E-state index < -0.39 is 17.9 Å². The lowest BCUT2D eigenvalue weighted by Gasteiger charge is -2.34. The molecule has 5 nitrogen and oxygen atoms in total. The number of aromatic nitrogens is 1. The minimum atomic E-state index is -4.49. The van der Waals surface area contributed by atoms with E-state index in [9.17, 15) is 18.0 Å². The van der Waals surface area contributed by atoms with Crippen LogP contribution in [0, 0.1) is 13.8 Å². The number of ether oxygens (including phenoxy) is 1. The van der Waals surface area contributed by atoms with Crippen molar-refractivity contribution in [2.75, 3.05) is 24.7 Å². The number of alkyl halides is 3. The molecule has 4 rings (SSSR count). The molecule has 8 heteroatoms. The molecule has 1 atom stereocenters. The molecule has 1 unspecified atom stereocenters. The van der Waals surface area contributed by atoms with Gasteiger partial charge < -0.3 is 9.64 Å². The zero-order valence-corrected chi connectivity index (χ0v) is 19.7. The second-order valence-corrected chi connectivity index (χ2v) is 8.80. The molecular formula is C27H28F3N3O2. The number of halogens is 3. The minimum absolute atomic E-state index is 0.0740. The van der Waals surface area contributed by atoms with Crippen LogP contribution < -0.4 is 10.2 Å². The third-order valence-electron chi connectivity index (χ3n) is 6.23. The second-order valence-electron chi connectivity index (χ2n) is 8.80. The van der Waals surface area contributed by atoms with E-state index in [0.717, 1.165) is 28.4 Å². The lowest BCUT2D eigenvalue weighted by molar-refractivity contribution is -0.141. The van der Waals surface area contributed by atoms with Crippen molar-refractivity contribution in [2.24, 2.45) is 0 Å². The van der Waals surface area contributed by atoms with Crippen LogP contribution in [0.1, 0.15) is 34.0 Å². The average Bonchev–Trinajstić information content (AvgIpc) is 2.81. The summed E-state index contributed by atoms with van der Waals surface area (Å²) in [6.45, 7) is 5.36. The van der Waals surface area contributed by atoms with Crippen LogP contribution in [0.2, 0.25) is 0 Å². The highest BCUT2D eigenvalue weighted by atomic mass is 19.4. The molecule has 1 amide bonds. The maximum Gasteiger partial charge on any atom is 0.433 e. The molecule has 35 heavy (non-hydrogen) atoms. The monoisotopic (exact) mass is 483 g/mol. The number of carbonyl (C=O) groups is 1. The van der Waals surface area contributed by atoms with Gasteiger partial charge in [-0.2, -0.15) is 13.2 Å². The number of carbonyl (C=O) groups excluding carboxylic acids is 1. The summed E-state index contributed by atoms with van der Waals surface area (Å²) >= 11 is 0. The van der Waals surface area contributed by atoms with Gasteiger partial charge in [0.25, 0.3) is 0 Å². The van der Waals surface area contributed by atoms with Crippen molar-refractivity contribution in [2.45, 2.75) is 38.5 Å². The van der Waals surface area contributed by atoms with Gasteiger partial charge in [0.2, 0.25) is 5.91 Å². The summed E-state index contributed by atoms with van der Waals surface area (Å²) in [6.07, 6.45) is -2.90. The van der Waals surface area contributed by atoms with E-state index >= 15 is 0 Å². The number of pyridine rings is 1. The molecule has 2 aromatic carbocycles. The third kappa shape index (κ3) is 6.07. The lowest BCUT2D eigenvalue weighted by Crippen LogP contribution is -2.52. The SMILES string of the molecule is Cc1ccc(N(CCc2ccc(C(F)(F)F)nc2)C(=O)C(NC2COC2)c2ccccc2)cc1C. The van der Waals surface area contributed by atoms with Crippen molar-refractivity contribution in [1.82, 2.24) is 10.3 Å². The number of hydrogen-bond donors (Lipinski definition) is 1. The fourth-order valence-corrected chi connectivity index (χ4v) is 3.92. The highest BCUT2D eigenvalue weighted by Gasteiger charge is 2.33. The van der Waals surface area contributed by atoms with Gasteiger partial charge >= 0.3 is 6.18 Å². The Bertz CT molecular complexity index is 1150. The van der Waals surface area contributed by atoms with Crippen LogP contribution in [0.4, 0.5) is 18.9 Å². The number of hydrogen-bond acceptors (Lipinski definition) is 4. The fourth-order valence-electron chi connectivity index (χ4n) is 3.92. The number of benzene rings is 2. The summed E-state index contributed by atoms with van der Waals surface area (Å²) < 4.78 is 44.0. The van der Waals surface area contributed by atoms with Crippen molar-refractivity contribution in [3.8, 4) is 0 Å². The number of anilines is 1. The molecule has 0 radical (unpaired) electrons. The summed E-state index contributed by atoms with van der Waals surface area (Å²) in [7, 11) is 0. The Hall–Kier alpha value is -3.23. The second kappa shape index (κ2) is 10.6. The topological polar surface area (TPSA) is 54.5 Å². The van der Waals surface area contributed by atoms with E-state index in [1.807, 2.05) is 62.4 Å². The zero-order valence-electron chi connectivity index (χ0n) is 19.7. The summed E-state index contributed by atoms with van der Waals surface area (Å²) in [4.78, 5) is 19.2. The largest absolute Gasteiger partial charge is 0.433 e. The Balaban J connectivity index is 1.62. The molecule has 1 aliphatic rings. The van der Waals surface area contributed by atoms with E-state index in [-0.39, 0.29) is 11.9 Å². The van der Waals surface area contributed by atoms with E-state index in [0.29, 0.717) is 31.7 Å². The van der Waals surface area contributed by atoms with Crippen LogP contribution in [-0.2, 0) is 22.1 Å². The molecule has 0 bridgehead atoms. The normalized spacial score (nSPS) is 14.9. The maximum atomic E-state index is 14.0. The molecular weight excluding hydrogens is 455 g/mol. The average molecular weight is 484 g/mol. The molecule has 0 aliphatic carbocycles. The highest BCUT2D eigenvalue weighted by molar-refractivity contribution is 5.98. The van der Waals surface area contributed by atoms with Crippen molar-refractivity contribution in [3.63, 3.8) is 0 Å². The molecule has 1 aliphatic heterocycles. The van der Waals surface area contributed by atoms with Gasteiger partial charge in [-0.05, 0) is 60.7 Å². The molecule has 2 heterocycles. The molecule has 0 saturated carbocycles. The molecule has 184 valence electrons. The Kier molecular flexibility index (Phi) is 7.52. The predicted molar refractivity (Wildman–Crippen MR) is 128 cm³/mol. The standard InChI is InChI=1S/C27H28F3N3O2/c1-18-8-10-23(14-19(18)2)33(13-12-20-9-11-24(31-15-20)27(28,29)30)26(34)25(32-22-16-35-17-22)21-6-4-3-5-7-21/h3-11,14-15,22,25,32H,12-13,16-17H2,1-2H3. The lowest BCUT2D eigenvalue weighted by atomic mass is 10.0. The predicted octanol–water partition coefficient (Wildman–Crippen LogP) is 5.02. The summed E-state index contributed by atoms with van der Waals surface area (Å²) in [5, 5.41) is 3.41. The van der Waals surface area contributed by atoms with E-state index in [2.05, 4.69) is 10.3 Å². The number of rotatable bonds is 8. The van der Waals surface area contributed by atoms with E-state index in [1.54, 1.807) is 4.90 Å². The van der Waals surface area contributed by atoms with Gasteiger partial charge in [-0.25, -0.2) is 0 Å². The first kappa shape index (κ1) is 24.9. The van der Waals surface area contributed by atoms with Gasteiger partial charge in [0.1, 0.15) is 11.7 Å². The van der Waals surface area contributed by atoms with Crippen LogP contribution in [0.5, 0.6) is 0 Å². The van der Waals surface area contributed by atoms with Crippen LogP contribution in [0.3, 0.4) is 0 Å². The number of amides is 1. The van der Waals surface area contributed by atoms with Gasteiger partial charge in [-0.3, -0.25) is 15.1 Å². The summed E-state index contributed by atoms with van der Waals surface area (Å²) in [5.74, 6) is -0.133. The quantitative estimate of drug-likeness (QED) is 0.489. The molecule has 1 saturated heterocycles. The first-order chi connectivity index (χ1) is 16.7. The van der Waals surface area contributed by atoms with E-state index in [1.165, 1.54) is 12.3 Å². The van der Waals surface area contributed by atoms with Crippen molar-refractivity contribution in [3.05, 3.63) is 94.8 Å². The summed E-state index contributed by atoms with van der Waals surface area (Å²) in [6, 6.07) is 17.2. The van der Waals surface area contributed by atoms with Gasteiger partial charge in [-0.1, -0.05) is 42.5 Å².